The number of aromatic hydroxyl groups is 1. The maximum Gasteiger partial charge on any atom is 0.328 e. The third kappa shape index (κ3) is 23.8. The minimum atomic E-state index is -1.77. The number of carbonyl (C=O) groups is 12. The lowest BCUT2D eigenvalue weighted by molar-refractivity contribution is -0.145. The first-order valence-electron chi connectivity index (χ1n) is 26.8. The van der Waals surface area contributed by atoms with Crippen molar-refractivity contribution in [3.8, 4) is 5.75 Å². The molecule has 84 heavy (non-hydrogen) atoms. The highest BCUT2D eigenvalue weighted by atomic mass is 16.4. The van der Waals surface area contributed by atoms with E-state index in [2.05, 4.69) is 67.8 Å². The Kier molecular flexibility index (Phi) is 27.8. The molecule has 20 N–H and O–H groups in total. The van der Waals surface area contributed by atoms with Gasteiger partial charge in [-0.25, -0.2) is 14.8 Å². The number of aromatic amines is 2. The summed E-state index contributed by atoms with van der Waals surface area (Å²) in [4.78, 5) is 172. The van der Waals surface area contributed by atoms with E-state index < -0.39 is 157 Å². The van der Waals surface area contributed by atoms with Gasteiger partial charge in [0.25, 0.3) is 0 Å². The zero-order chi connectivity index (χ0) is 63.0. The molecule has 0 fully saturated rings. The highest BCUT2D eigenvalue weighted by molar-refractivity contribution is 5.99. The van der Waals surface area contributed by atoms with Crippen LogP contribution < -0.4 is 64.6 Å². The van der Waals surface area contributed by atoms with E-state index in [0.717, 1.165) is 6.92 Å². The molecule has 0 aliphatic heterocycles. The molecule has 11 atom stereocenters. The largest absolute Gasteiger partial charge is 0.508 e. The molecular formula is C52H78N16O16. The van der Waals surface area contributed by atoms with Crippen LogP contribution in [0.15, 0.2) is 49.3 Å². The van der Waals surface area contributed by atoms with Gasteiger partial charge in [0.1, 0.15) is 54.1 Å². The van der Waals surface area contributed by atoms with Crippen LogP contribution in [0.2, 0.25) is 0 Å². The Labute approximate surface area is 482 Å². The van der Waals surface area contributed by atoms with Crippen LogP contribution in [-0.2, 0) is 76.8 Å². The highest BCUT2D eigenvalue weighted by Gasteiger charge is 2.35. The van der Waals surface area contributed by atoms with Gasteiger partial charge < -0.3 is 95.0 Å². The second-order valence-corrected chi connectivity index (χ2v) is 20.8. The molecule has 32 nitrogen and oxygen atoms in total. The summed E-state index contributed by atoms with van der Waals surface area (Å²) in [7, 11) is 0. The number of nitrogens with one attached hydrogen (secondary N) is 12. The SMILES string of the molecule is CC(C)C[C@H](NC(=O)[C@H](C)NC(=O)CNC(=O)[C@H](CC(C)C)NC(=O)[C@H](Cc1ccc(O)cc1)NC(=O)[C@H](Cc1c[nH]cn1)NC(=O)[C@H](C)NC(=O)[C@H](Cc1c[nH]cn1)NC(=O)[C@@H](N)CC(N)=O)C(=O)N[C@@H](CO)C(=O)N[C@H](C(=O)O)[C@@H](C)O. The van der Waals surface area contributed by atoms with Gasteiger partial charge in [-0.2, -0.15) is 0 Å². The summed E-state index contributed by atoms with van der Waals surface area (Å²) < 4.78 is 0. The Morgan fingerprint density at radius 3 is 1.42 bits per heavy atom. The van der Waals surface area contributed by atoms with Crippen molar-refractivity contribution in [2.45, 2.75) is 154 Å². The number of aliphatic hydroxyl groups is 2. The van der Waals surface area contributed by atoms with Gasteiger partial charge >= 0.3 is 5.97 Å². The Balaban J connectivity index is 1.78. The van der Waals surface area contributed by atoms with Gasteiger partial charge in [0.15, 0.2) is 6.04 Å². The number of carboxylic acids is 1. The van der Waals surface area contributed by atoms with E-state index in [0.29, 0.717) is 11.3 Å². The molecule has 0 aliphatic carbocycles. The molecule has 32 heteroatoms. The number of amides is 11. The van der Waals surface area contributed by atoms with Crippen molar-refractivity contribution in [1.29, 1.82) is 0 Å². The lowest BCUT2D eigenvalue weighted by atomic mass is 10.0. The minimum Gasteiger partial charge on any atom is -0.508 e. The molecule has 2 heterocycles. The number of carboxylic acid groups (broad SMARTS) is 1. The number of carbonyl (C=O) groups excluding carboxylic acids is 11. The molecule has 11 amide bonds. The van der Waals surface area contributed by atoms with Crippen LogP contribution in [0, 0.1) is 11.8 Å². The molecule has 3 aromatic rings. The summed E-state index contributed by atoms with van der Waals surface area (Å²) >= 11 is 0. The molecule has 0 spiro atoms. The smallest absolute Gasteiger partial charge is 0.328 e. The number of phenols is 1. The van der Waals surface area contributed by atoms with E-state index in [9.17, 15) is 78.0 Å². The van der Waals surface area contributed by atoms with E-state index in [-0.39, 0.29) is 55.4 Å². The molecule has 0 bridgehead atoms. The number of benzene rings is 1. The monoisotopic (exact) mass is 1180 g/mol. The standard InChI is InChI=1S/C52H78N16O16/c1-24(2)12-34(46(77)57-20-41(73)60-26(5)43(74)62-35(13-25(3)4)48(79)67-39(21-69)51(82)68-42(28(7)70)52(83)84)65-49(80)36(14-29-8-10-32(71)11-9-29)66-50(81)38(16-31-19-56-23-59-31)63-44(75)27(6)61-47(78)37(15-30-18-55-22-58-30)64-45(76)33(53)17-40(54)72/h8-11,18-19,22-28,33-39,42,69-71H,12-17,20-21,53H2,1-7H3,(H2,54,72)(H,55,58)(H,56,59)(H,57,77)(H,60,73)(H,61,78)(H,62,74)(H,63,75)(H,64,76)(H,65,80)(H,66,81)(H,67,79)(H,68,82)(H,83,84)/t26-,27-,28+,33-,34-,35-,36-,37-,38-,39-,42-/m0/s1. The van der Waals surface area contributed by atoms with E-state index in [4.69, 9.17) is 11.5 Å². The average Bonchev–Trinajstić information content (AvgIpc) is 4.26. The van der Waals surface area contributed by atoms with Crippen molar-refractivity contribution >= 4 is 70.9 Å². The number of phenolic OH excluding ortho intramolecular Hbond substituents is 1. The maximum atomic E-state index is 14.4. The summed E-state index contributed by atoms with van der Waals surface area (Å²) in [6.07, 6.45) is 2.85. The molecule has 0 saturated heterocycles. The molecule has 0 saturated carbocycles. The van der Waals surface area contributed by atoms with Crippen LogP contribution in [0.3, 0.4) is 0 Å². The summed E-state index contributed by atoms with van der Waals surface area (Å²) in [5.74, 6) is -12.2. The van der Waals surface area contributed by atoms with Gasteiger partial charge in [-0.15, -0.1) is 0 Å². The summed E-state index contributed by atoms with van der Waals surface area (Å²) in [5, 5.41) is 63.2. The molecule has 462 valence electrons. The van der Waals surface area contributed by atoms with Gasteiger partial charge in [0.2, 0.25) is 65.0 Å². The number of primary amides is 1. The Hall–Kier alpha value is -9.04. The van der Waals surface area contributed by atoms with E-state index in [1.54, 1.807) is 27.7 Å². The van der Waals surface area contributed by atoms with Crippen molar-refractivity contribution in [1.82, 2.24) is 73.1 Å². The third-order valence-electron chi connectivity index (χ3n) is 12.5. The number of hydrogen-bond acceptors (Lipinski definition) is 18. The van der Waals surface area contributed by atoms with Gasteiger partial charge in [-0.1, -0.05) is 39.8 Å². The summed E-state index contributed by atoms with van der Waals surface area (Å²) in [6, 6.07) is -8.92. The first-order valence-corrected chi connectivity index (χ1v) is 26.8. The quantitative estimate of drug-likeness (QED) is 0.0261. The predicted molar refractivity (Wildman–Crippen MR) is 295 cm³/mol. The van der Waals surface area contributed by atoms with Crippen LogP contribution in [0.25, 0.3) is 0 Å². The third-order valence-corrected chi connectivity index (χ3v) is 12.5. The van der Waals surface area contributed by atoms with Crippen molar-refractivity contribution in [3.05, 3.63) is 66.3 Å². The number of aliphatic carboxylic acids is 1. The normalized spacial score (nSPS) is 15.1. The lowest BCUT2D eigenvalue weighted by Crippen LogP contribution is -2.60. The van der Waals surface area contributed by atoms with Gasteiger partial charge in [0, 0.05) is 31.7 Å². The molecule has 0 unspecified atom stereocenters. The number of nitrogens with two attached hydrogens (primary N) is 2. The van der Waals surface area contributed by atoms with Crippen molar-refractivity contribution < 1.29 is 78.0 Å². The Morgan fingerprint density at radius 1 is 0.536 bits per heavy atom. The van der Waals surface area contributed by atoms with Crippen molar-refractivity contribution in [3.63, 3.8) is 0 Å². The van der Waals surface area contributed by atoms with Crippen LogP contribution in [0.1, 0.15) is 84.7 Å². The van der Waals surface area contributed by atoms with E-state index >= 15 is 0 Å². The van der Waals surface area contributed by atoms with Crippen molar-refractivity contribution in [2.24, 2.45) is 23.3 Å². The van der Waals surface area contributed by atoms with Crippen LogP contribution in [-0.4, -0.2) is 191 Å². The van der Waals surface area contributed by atoms with Crippen LogP contribution >= 0.6 is 0 Å². The number of hydrogen-bond donors (Lipinski definition) is 18. The predicted octanol–water partition coefficient (Wildman–Crippen LogP) is -5.86. The van der Waals surface area contributed by atoms with Gasteiger partial charge in [0.05, 0.1) is 55.8 Å². The average molecular weight is 1180 g/mol. The van der Waals surface area contributed by atoms with Crippen LogP contribution in [0.4, 0.5) is 0 Å². The summed E-state index contributed by atoms with van der Waals surface area (Å²) in [6.45, 7) is 8.91. The second kappa shape index (κ2) is 33.8. The maximum absolute atomic E-state index is 14.4. The molecule has 3 rings (SSSR count). The fourth-order valence-electron chi connectivity index (χ4n) is 7.99. The van der Waals surface area contributed by atoms with Gasteiger partial charge in [-0.3, -0.25) is 52.7 Å². The number of rotatable bonds is 35. The zero-order valence-electron chi connectivity index (χ0n) is 47.5. The molecule has 1 aromatic carbocycles. The molecule has 0 radical (unpaired) electrons. The zero-order valence-corrected chi connectivity index (χ0v) is 47.5. The van der Waals surface area contributed by atoms with Crippen LogP contribution in [0.5, 0.6) is 5.75 Å². The number of aromatic nitrogens is 4. The fourth-order valence-corrected chi connectivity index (χ4v) is 7.99. The van der Waals surface area contributed by atoms with E-state index in [1.807, 2.05) is 5.32 Å². The first-order chi connectivity index (χ1) is 39.5. The Bertz CT molecular complexity index is 2720. The first kappa shape index (κ1) is 69.2. The summed E-state index contributed by atoms with van der Waals surface area (Å²) in [5.41, 5.74) is 12.0. The fraction of sp³-hybridized carbons (Fsp3) is 0.538. The molecule has 0 aliphatic rings. The molecular weight excluding hydrogens is 1100 g/mol. The highest BCUT2D eigenvalue weighted by Crippen LogP contribution is 2.14. The minimum absolute atomic E-state index is 0.00403. The number of H-pyrrole nitrogens is 2. The van der Waals surface area contributed by atoms with E-state index in [1.165, 1.54) is 63.2 Å². The lowest BCUT2D eigenvalue weighted by Gasteiger charge is -2.27. The topological polar surface area (TPSA) is 515 Å². The number of nitrogens with zero attached hydrogens (tertiary/aromatic N) is 2. The second-order valence-electron chi connectivity index (χ2n) is 20.8. The Morgan fingerprint density at radius 2 is 0.952 bits per heavy atom. The molecule has 2 aromatic heterocycles. The van der Waals surface area contributed by atoms with Gasteiger partial charge in [-0.05, 0) is 63.1 Å². The van der Waals surface area contributed by atoms with Crippen molar-refractivity contribution in [2.75, 3.05) is 13.2 Å². The number of aliphatic hydroxyl groups excluding tert-OH is 2. The number of imidazole rings is 2.